The van der Waals surface area contributed by atoms with E-state index >= 15 is 0 Å². The molecule has 2 aromatic carbocycles. The minimum atomic E-state index is -4.90. The van der Waals surface area contributed by atoms with Crippen LogP contribution in [-0.4, -0.2) is 22.9 Å². The topological polar surface area (TPSA) is 42.4 Å². The van der Waals surface area contributed by atoms with Crippen LogP contribution in [0.4, 0.5) is 13.2 Å². The highest BCUT2D eigenvalue weighted by Crippen LogP contribution is 2.54. The summed E-state index contributed by atoms with van der Waals surface area (Å²) in [6, 6.07) is 13.4. The molecule has 2 heterocycles. The zero-order valence-corrected chi connectivity index (χ0v) is 17.1. The highest BCUT2D eigenvalue weighted by molar-refractivity contribution is 5.83. The predicted molar refractivity (Wildman–Crippen MR) is 110 cm³/mol. The molecule has 1 N–H and O–H groups in total. The number of fused-ring (bicyclic) bond motifs is 2. The lowest BCUT2D eigenvalue weighted by Gasteiger charge is -2.45. The van der Waals surface area contributed by atoms with E-state index in [9.17, 15) is 18.3 Å². The Kier molecular flexibility index (Phi) is 4.81. The maximum Gasteiger partial charge on any atom is 0.421 e. The largest absolute Gasteiger partial charge is 0.493 e. The molecule has 158 valence electrons. The molecular weight excluding hydrogens is 391 g/mol. The van der Waals surface area contributed by atoms with Gasteiger partial charge in [-0.15, -0.1) is 0 Å². The smallest absolute Gasteiger partial charge is 0.421 e. The molecule has 0 spiro atoms. The number of ether oxygens (including phenoxy) is 1. The predicted octanol–water partition coefficient (Wildman–Crippen LogP) is 5.53. The van der Waals surface area contributed by atoms with Crippen LogP contribution < -0.4 is 4.74 Å². The first-order chi connectivity index (χ1) is 14.1. The lowest BCUT2D eigenvalue weighted by Crippen LogP contribution is -2.53. The van der Waals surface area contributed by atoms with E-state index in [1.165, 1.54) is 19.2 Å². The molecule has 2 unspecified atom stereocenters. The van der Waals surface area contributed by atoms with Gasteiger partial charge in [0.2, 0.25) is 0 Å². The Bertz CT molecular complexity index is 1090. The van der Waals surface area contributed by atoms with Gasteiger partial charge < -0.3 is 9.84 Å². The van der Waals surface area contributed by atoms with Crippen LogP contribution in [0.1, 0.15) is 37.5 Å². The van der Waals surface area contributed by atoms with E-state index in [0.717, 1.165) is 12.0 Å². The molecule has 3 aromatic rings. The Morgan fingerprint density at radius 2 is 1.73 bits per heavy atom. The first-order valence-corrected chi connectivity index (χ1v) is 9.97. The highest BCUT2D eigenvalue weighted by Gasteiger charge is 2.62. The van der Waals surface area contributed by atoms with E-state index in [2.05, 4.69) is 4.98 Å². The van der Waals surface area contributed by atoms with Gasteiger partial charge in [-0.05, 0) is 23.1 Å². The van der Waals surface area contributed by atoms with Gasteiger partial charge in [-0.3, -0.25) is 4.98 Å². The summed E-state index contributed by atoms with van der Waals surface area (Å²) < 4.78 is 49.5. The third-order valence-electron chi connectivity index (χ3n) is 6.61. The fourth-order valence-electron chi connectivity index (χ4n) is 4.54. The maximum atomic E-state index is 14.6. The van der Waals surface area contributed by atoms with Crippen LogP contribution in [0.25, 0.3) is 10.9 Å². The van der Waals surface area contributed by atoms with Crippen LogP contribution >= 0.6 is 0 Å². The van der Waals surface area contributed by atoms with Gasteiger partial charge in [-0.25, -0.2) is 0 Å². The number of rotatable bonds is 4. The normalized spacial score (nSPS) is 17.3. The number of nitrogens with zero attached hydrogens (tertiary/aromatic N) is 1. The number of pyridine rings is 1. The summed E-state index contributed by atoms with van der Waals surface area (Å²) in [4.78, 5) is 4.17. The summed E-state index contributed by atoms with van der Waals surface area (Å²) in [6.07, 6.45) is -2.85. The molecular formula is C24H24F3NO2. The van der Waals surface area contributed by atoms with E-state index < -0.39 is 23.1 Å². The van der Waals surface area contributed by atoms with Crippen LogP contribution in [0.2, 0.25) is 0 Å². The Labute approximate surface area is 173 Å². The average molecular weight is 415 g/mol. The van der Waals surface area contributed by atoms with E-state index in [4.69, 9.17) is 4.74 Å². The Morgan fingerprint density at radius 3 is 2.47 bits per heavy atom. The molecule has 0 aliphatic carbocycles. The van der Waals surface area contributed by atoms with Crippen molar-refractivity contribution < 1.29 is 23.0 Å². The van der Waals surface area contributed by atoms with Crippen molar-refractivity contribution in [1.82, 2.24) is 4.98 Å². The molecule has 30 heavy (non-hydrogen) atoms. The number of alkyl halides is 3. The van der Waals surface area contributed by atoms with Gasteiger partial charge in [0.15, 0.2) is 5.60 Å². The van der Waals surface area contributed by atoms with Crippen molar-refractivity contribution in [3.8, 4) is 5.75 Å². The first kappa shape index (κ1) is 20.7. The molecule has 0 bridgehead atoms. The van der Waals surface area contributed by atoms with Gasteiger partial charge in [0, 0.05) is 35.0 Å². The maximum absolute atomic E-state index is 14.6. The number of aromatic nitrogens is 1. The molecule has 4 rings (SSSR count). The van der Waals surface area contributed by atoms with Gasteiger partial charge in [-0.1, -0.05) is 57.2 Å². The lowest BCUT2D eigenvalue weighted by molar-refractivity contribution is -0.291. The van der Waals surface area contributed by atoms with Gasteiger partial charge in [0.25, 0.3) is 0 Å². The SMILES string of the molecule is CC(C(C)(C)c1cccc2c1OCC2)C(O)(c1ccnc2ccccc12)C(F)(F)F. The summed E-state index contributed by atoms with van der Waals surface area (Å²) in [6.45, 7) is 5.43. The molecule has 1 aromatic heterocycles. The zero-order valence-electron chi connectivity index (χ0n) is 17.1. The van der Waals surface area contributed by atoms with Crippen LogP contribution in [0.5, 0.6) is 5.75 Å². The quantitative estimate of drug-likeness (QED) is 0.609. The highest BCUT2D eigenvalue weighted by atomic mass is 19.4. The number of halogens is 3. The molecule has 0 amide bonds. The van der Waals surface area contributed by atoms with Crippen molar-refractivity contribution in [2.45, 2.75) is 44.4 Å². The summed E-state index contributed by atoms with van der Waals surface area (Å²) >= 11 is 0. The molecule has 1 aliphatic rings. The zero-order chi connectivity index (χ0) is 21.7. The van der Waals surface area contributed by atoms with E-state index in [0.29, 0.717) is 23.4 Å². The van der Waals surface area contributed by atoms with Crippen molar-refractivity contribution in [3.05, 3.63) is 71.4 Å². The monoisotopic (exact) mass is 415 g/mol. The Morgan fingerprint density at radius 1 is 1.00 bits per heavy atom. The van der Waals surface area contributed by atoms with Crippen molar-refractivity contribution in [1.29, 1.82) is 0 Å². The standard InChI is InChI=1S/C24H24F3NO2/c1-15(22(2,3)19-9-6-7-16-12-14-30-21(16)19)23(29,24(25,26)27)18-11-13-28-20-10-5-4-8-17(18)20/h4-11,13,15,29H,12,14H2,1-3H3. The van der Waals surface area contributed by atoms with Crippen molar-refractivity contribution in [2.75, 3.05) is 6.61 Å². The molecule has 3 nitrogen and oxygen atoms in total. The molecule has 0 saturated carbocycles. The third-order valence-corrected chi connectivity index (χ3v) is 6.61. The van der Waals surface area contributed by atoms with Gasteiger partial charge in [-0.2, -0.15) is 13.2 Å². The summed E-state index contributed by atoms with van der Waals surface area (Å²) in [5.74, 6) is -0.579. The second-order valence-corrected chi connectivity index (χ2v) is 8.48. The molecule has 0 radical (unpaired) electrons. The molecule has 0 fully saturated rings. The fraction of sp³-hybridized carbons (Fsp3) is 0.375. The number of hydrogen-bond acceptors (Lipinski definition) is 3. The van der Waals surface area contributed by atoms with Gasteiger partial charge >= 0.3 is 6.18 Å². The Hall–Kier alpha value is -2.60. The van der Waals surface area contributed by atoms with Crippen molar-refractivity contribution in [3.63, 3.8) is 0 Å². The number of benzene rings is 2. The lowest BCUT2D eigenvalue weighted by atomic mass is 9.64. The van der Waals surface area contributed by atoms with Crippen LogP contribution in [-0.2, 0) is 17.4 Å². The van der Waals surface area contributed by atoms with E-state index in [1.807, 2.05) is 12.1 Å². The minimum absolute atomic E-state index is 0.185. The molecule has 2 atom stereocenters. The summed E-state index contributed by atoms with van der Waals surface area (Å²) in [5.41, 5.74) is -2.24. The van der Waals surface area contributed by atoms with E-state index in [1.54, 1.807) is 44.2 Å². The van der Waals surface area contributed by atoms with Crippen LogP contribution in [0.15, 0.2) is 54.7 Å². The van der Waals surface area contributed by atoms with Crippen LogP contribution in [0.3, 0.4) is 0 Å². The summed E-state index contributed by atoms with van der Waals surface area (Å²) in [7, 11) is 0. The second-order valence-electron chi connectivity index (χ2n) is 8.48. The van der Waals surface area contributed by atoms with Gasteiger partial charge in [0.1, 0.15) is 5.75 Å². The molecule has 0 saturated heterocycles. The minimum Gasteiger partial charge on any atom is -0.493 e. The van der Waals surface area contributed by atoms with Crippen molar-refractivity contribution >= 4 is 10.9 Å². The van der Waals surface area contributed by atoms with Gasteiger partial charge in [0.05, 0.1) is 12.1 Å². The fourth-order valence-corrected chi connectivity index (χ4v) is 4.54. The number of para-hydroxylation sites is 2. The molecule has 6 heteroatoms. The third kappa shape index (κ3) is 2.97. The van der Waals surface area contributed by atoms with Crippen LogP contribution in [0, 0.1) is 5.92 Å². The number of aliphatic hydroxyl groups is 1. The Balaban J connectivity index is 1.92. The second kappa shape index (κ2) is 6.98. The average Bonchev–Trinajstić information content (AvgIpc) is 3.20. The number of hydrogen-bond donors (Lipinski definition) is 1. The summed E-state index contributed by atoms with van der Waals surface area (Å²) in [5, 5.41) is 11.7. The first-order valence-electron chi connectivity index (χ1n) is 9.97. The van der Waals surface area contributed by atoms with Crippen molar-refractivity contribution in [2.24, 2.45) is 5.92 Å². The van der Waals surface area contributed by atoms with E-state index in [-0.39, 0.29) is 10.9 Å². The molecule has 1 aliphatic heterocycles.